The zero-order valence-corrected chi connectivity index (χ0v) is 17.8. The molecule has 0 aromatic carbocycles. The molecule has 6 nitrogen and oxygen atoms in total. The molecular formula is C20H25N5OS2. The van der Waals surface area contributed by atoms with Crippen molar-refractivity contribution < 1.29 is 4.74 Å². The molecule has 8 heteroatoms. The van der Waals surface area contributed by atoms with Gasteiger partial charge in [-0.05, 0) is 38.2 Å². The lowest BCUT2D eigenvalue weighted by Crippen LogP contribution is -2.36. The van der Waals surface area contributed by atoms with Crippen LogP contribution >= 0.6 is 22.7 Å². The highest BCUT2D eigenvalue weighted by atomic mass is 32.1. The Kier molecular flexibility index (Phi) is 5.28. The van der Waals surface area contributed by atoms with Crippen LogP contribution in [0.5, 0.6) is 0 Å². The van der Waals surface area contributed by atoms with Gasteiger partial charge < -0.3 is 10.1 Å². The minimum absolute atomic E-state index is 0.768. The van der Waals surface area contributed by atoms with Crippen molar-refractivity contribution in [1.82, 2.24) is 19.9 Å². The summed E-state index contributed by atoms with van der Waals surface area (Å²) in [5.74, 6) is 1.91. The normalized spacial score (nSPS) is 17.8. The maximum atomic E-state index is 5.48. The quantitative estimate of drug-likeness (QED) is 0.684. The number of thiophene rings is 1. The summed E-state index contributed by atoms with van der Waals surface area (Å²) in [6.45, 7) is 7.12. The van der Waals surface area contributed by atoms with E-state index in [2.05, 4.69) is 22.1 Å². The number of thiazole rings is 1. The van der Waals surface area contributed by atoms with Crippen LogP contribution in [0.3, 0.4) is 0 Å². The number of anilines is 1. The average molecular weight is 416 g/mol. The second-order valence-corrected chi connectivity index (χ2v) is 9.51. The molecule has 5 rings (SSSR count). The second-order valence-electron chi connectivity index (χ2n) is 7.48. The molecule has 3 aromatic rings. The van der Waals surface area contributed by atoms with Crippen LogP contribution < -0.4 is 5.32 Å². The number of aryl methyl sites for hydroxylation is 3. The van der Waals surface area contributed by atoms with E-state index in [1.54, 1.807) is 11.3 Å². The number of nitrogens with one attached hydrogen (secondary N) is 1. The van der Waals surface area contributed by atoms with Crippen molar-refractivity contribution in [3.05, 3.63) is 32.3 Å². The molecule has 0 unspecified atom stereocenters. The monoisotopic (exact) mass is 415 g/mol. The predicted molar refractivity (Wildman–Crippen MR) is 114 cm³/mol. The molecule has 0 amide bonds. The standard InChI is InChI=1S/C20H25N5OS2/c1-13-16(27-12-22-13)10-21-19-18-14-4-2-3-5-15(14)28-20(18)24-17(23-19)11-25-6-8-26-9-7-25/h12H,2-11H2,1H3,(H,21,23,24). The van der Waals surface area contributed by atoms with Crippen LogP contribution in [-0.2, 0) is 30.7 Å². The maximum Gasteiger partial charge on any atom is 0.146 e. The van der Waals surface area contributed by atoms with Gasteiger partial charge in [0.25, 0.3) is 0 Å². The van der Waals surface area contributed by atoms with E-state index in [0.717, 1.165) is 68.0 Å². The summed E-state index contributed by atoms with van der Waals surface area (Å²) in [5.41, 5.74) is 4.49. The van der Waals surface area contributed by atoms with Crippen LogP contribution in [0.15, 0.2) is 5.51 Å². The molecule has 1 aliphatic heterocycles. The first kappa shape index (κ1) is 18.4. The van der Waals surface area contributed by atoms with Crippen molar-refractivity contribution >= 4 is 38.7 Å². The number of hydrogen-bond donors (Lipinski definition) is 1. The number of hydrogen-bond acceptors (Lipinski definition) is 8. The summed E-state index contributed by atoms with van der Waals surface area (Å²) >= 11 is 3.57. The van der Waals surface area contributed by atoms with Gasteiger partial charge in [0.05, 0.1) is 42.9 Å². The smallest absolute Gasteiger partial charge is 0.146 e. The molecule has 0 atom stereocenters. The third kappa shape index (κ3) is 3.66. The van der Waals surface area contributed by atoms with E-state index in [4.69, 9.17) is 14.7 Å². The van der Waals surface area contributed by atoms with E-state index in [9.17, 15) is 0 Å². The highest BCUT2D eigenvalue weighted by Gasteiger charge is 2.22. The van der Waals surface area contributed by atoms with Gasteiger partial charge in [0.1, 0.15) is 16.5 Å². The fraction of sp³-hybridized carbons (Fsp3) is 0.550. The Morgan fingerprint density at radius 2 is 2.04 bits per heavy atom. The highest BCUT2D eigenvalue weighted by Crippen LogP contribution is 2.39. The summed E-state index contributed by atoms with van der Waals surface area (Å²) < 4.78 is 5.48. The van der Waals surface area contributed by atoms with Gasteiger partial charge in [-0.25, -0.2) is 15.0 Å². The van der Waals surface area contributed by atoms with Crippen molar-refractivity contribution in [3.8, 4) is 0 Å². The minimum Gasteiger partial charge on any atom is -0.379 e. The van der Waals surface area contributed by atoms with E-state index in [0.29, 0.717) is 0 Å². The van der Waals surface area contributed by atoms with Gasteiger partial charge in [0.2, 0.25) is 0 Å². The first-order chi connectivity index (χ1) is 13.8. The molecule has 1 N–H and O–H groups in total. The molecule has 3 aromatic heterocycles. The maximum absolute atomic E-state index is 5.48. The van der Waals surface area contributed by atoms with Gasteiger partial charge in [0, 0.05) is 22.8 Å². The second kappa shape index (κ2) is 8.02. The lowest BCUT2D eigenvalue weighted by Gasteiger charge is -2.25. The van der Waals surface area contributed by atoms with Gasteiger partial charge in [-0.2, -0.15) is 0 Å². The fourth-order valence-electron chi connectivity index (χ4n) is 4.02. The number of rotatable bonds is 5. The van der Waals surface area contributed by atoms with E-state index >= 15 is 0 Å². The average Bonchev–Trinajstić information content (AvgIpc) is 3.29. The first-order valence-electron chi connectivity index (χ1n) is 10.0. The largest absolute Gasteiger partial charge is 0.379 e. The van der Waals surface area contributed by atoms with E-state index in [1.165, 1.54) is 40.0 Å². The summed E-state index contributed by atoms with van der Waals surface area (Å²) in [5, 5.41) is 4.88. The van der Waals surface area contributed by atoms with Crippen molar-refractivity contribution in [2.24, 2.45) is 0 Å². The van der Waals surface area contributed by atoms with Crippen LogP contribution in [0.2, 0.25) is 0 Å². The van der Waals surface area contributed by atoms with Crippen LogP contribution in [0.1, 0.15) is 39.7 Å². The Labute approximate surface area is 173 Å². The number of morpholine rings is 1. The fourth-order valence-corrected chi connectivity index (χ4v) is 6.02. The molecular weight excluding hydrogens is 390 g/mol. The Bertz CT molecular complexity index is 977. The summed E-state index contributed by atoms with van der Waals surface area (Å²) in [7, 11) is 0. The summed E-state index contributed by atoms with van der Waals surface area (Å²) in [4.78, 5) is 20.6. The third-order valence-corrected chi connectivity index (χ3v) is 7.71. The van der Waals surface area contributed by atoms with Crippen molar-refractivity contribution in [2.45, 2.75) is 45.7 Å². The number of fused-ring (bicyclic) bond motifs is 3. The van der Waals surface area contributed by atoms with Gasteiger partial charge in [0.15, 0.2) is 0 Å². The molecule has 1 saturated heterocycles. The molecule has 148 valence electrons. The van der Waals surface area contributed by atoms with Crippen molar-refractivity contribution in [1.29, 1.82) is 0 Å². The Hall–Kier alpha value is -1.61. The summed E-state index contributed by atoms with van der Waals surface area (Å²) in [6.07, 6.45) is 4.89. The topological polar surface area (TPSA) is 63.2 Å². The molecule has 0 radical (unpaired) electrons. The van der Waals surface area contributed by atoms with Gasteiger partial charge in [-0.1, -0.05) is 0 Å². The lowest BCUT2D eigenvalue weighted by molar-refractivity contribution is 0.0331. The molecule has 0 spiro atoms. The van der Waals surface area contributed by atoms with Gasteiger partial charge in [-0.3, -0.25) is 4.90 Å². The lowest BCUT2D eigenvalue weighted by atomic mass is 9.97. The summed E-state index contributed by atoms with van der Waals surface area (Å²) in [6, 6.07) is 0. The number of nitrogens with zero attached hydrogens (tertiary/aromatic N) is 4. The van der Waals surface area contributed by atoms with E-state index < -0.39 is 0 Å². The molecule has 2 aliphatic rings. The predicted octanol–water partition coefficient (Wildman–Crippen LogP) is 3.78. The molecule has 1 aliphatic carbocycles. The van der Waals surface area contributed by atoms with Crippen molar-refractivity contribution in [2.75, 3.05) is 31.6 Å². The Morgan fingerprint density at radius 1 is 1.18 bits per heavy atom. The Balaban J connectivity index is 1.50. The molecule has 4 heterocycles. The molecule has 0 saturated carbocycles. The Morgan fingerprint density at radius 3 is 2.86 bits per heavy atom. The minimum atomic E-state index is 0.768. The van der Waals surface area contributed by atoms with Crippen LogP contribution in [0.4, 0.5) is 5.82 Å². The third-order valence-electron chi connectivity index (χ3n) is 5.59. The van der Waals surface area contributed by atoms with Crippen LogP contribution in [0.25, 0.3) is 10.2 Å². The van der Waals surface area contributed by atoms with E-state index in [1.807, 2.05) is 16.8 Å². The van der Waals surface area contributed by atoms with Gasteiger partial charge >= 0.3 is 0 Å². The van der Waals surface area contributed by atoms with Gasteiger partial charge in [-0.15, -0.1) is 22.7 Å². The first-order valence-corrected chi connectivity index (χ1v) is 11.7. The molecule has 28 heavy (non-hydrogen) atoms. The van der Waals surface area contributed by atoms with E-state index in [-0.39, 0.29) is 0 Å². The molecule has 1 fully saturated rings. The SMILES string of the molecule is Cc1ncsc1CNc1nc(CN2CCOCC2)nc2sc3c(c12)CCCC3. The zero-order valence-electron chi connectivity index (χ0n) is 16.2. The highest BCUT2D eigenvalue weighted by molar-refractivity contribution is 7.19. The van der Waals surface area contributed by atoms with Crippen LogP contribution in [0, 0.1) is 6.92 Å². The van der Waals surface area contributed by atoms with Crippen LogP contribution in [-0.4, -0.2) is 46.2 Å². The number of aromatic nitrogens is 3. The van der Waals surface area contributed by atoms with Crippen molar-refractivity contribution in [3.63, 3.8) is 0 Å². The number of ether oxygens (including phenoxy) is 1. The molecule has 0 bridgehead atoms. The zero-order chi connectivity index (χ0) is 18.9.